The van der Waals surface area contributed by atoms with E-state index in [4.69, 9.17) is 4.74 Å². The number of ether oxygens (including phenoxy) is 1. The topological polar surface area (TPSA) is 84.4 Å². The van der Waals surface area contributed by atoms with Gasteiger partial charge in [-0.3, -0.25) is 9.59 Å². The van der Waals surface area contributed by atoms with Crippen LogP contribution in [0.25, 0.3) is 10.6 Å². The molecule has 3 rings (SSSR count). The Labute approximate surface area is 205 Å². The lowest BCUT2D eigenvalue weighted by atomic mass is 10.1. The molecular formula is C26H32N4O3S. The van der Waals surface area contributed by atoms with E-state index >= 15 is 0 Å². The first-order chi connectivity index (χ1) is 16.5. The van der Waals surface area contributed by atoms with Crippen molar-refractivity contribution in [1.29, 1.82) is 0 Å². The Hall–Kier alpha value is -3.26. The summed E-state index contributed by atoms with van der Waals surface area (Å²) < 4.78 is 5.17. The number of aryl methyl sites for hydroxylation is 1. The smallest absolute Gasteiger partial charge is 0.253 e. The van der Waals surface area contributed by atoms with Crippen LogP contribution in [-0.2, 0) is 11.2 Å². The molecule has 0 saturated carbocycles. The Balaban J connectivity index is 1.55. The predicted octanol–water partition coefficient (Wildman–Crippen LogP) is 5.44. The summed E-state index contributed by atoms with van der Waals surface area (Å²) in [7, 11) is 1.62. The minimum atomic E-state index is -0.193. The number of carbonyl (C=O) groups excluding carboxylic acids is 2. The zero-order valence-electron chi connectivity index (χ0n) is 20.0. The molecule has 0 radical (unpaired) electrons. The molecule has 1 heterocycles. The number of amides is 2. The highest BCUT2D eigenvalue weighted by molar-refractivity contribution is 7.18. The lowest BCUT2D eigenvalue weighted by Crippen LogP contribution is -2.34. The molecule has 34 heavy (non-hydrogen) atoms. The summed E-state index contributed by atoms with van der Waals surface area (Å²) in [5.74, 6) is 0.524. The maximum absolute atomic E-state index is 13.0. The summed E-state index contributed by atoms with van der Waals surface area (Å²) in [5, 5.41) is 12.2. The van der Waals surface area contributed by atoms with Crippen LogP contribution in [0.2, 0.25) is 0 Å². The number of hydrogen-bond donors (Lipinski definition) is 1. The Bertz CT molecular complexity index is 1060. The van der Waals surface area contributed by atoms with Crippen molar-refractivity contribution in [3.8, 4) is 16.3 Å². The number of methoxy groups -OCH3 is 1. The molecule has 3 aromatic rings. The number of unbranched alkanes of at least 4 members (excludes halogenated alkanes) is 1. The summed E-state index contributed by atoms with van der Waals surface area (Å²) >= 11 is 1.31. The fraction of sp³-hybridized carbons (Fsp3) is 0.385. The molecule has 0 saturated heterocycles. The van der Waals surface area contributed by atoms with Gasteiger partial charge in [0.25, 0.3) is 5.91 Å². The normalized spacial score (nSPS) is 10.7. The second kappa shape index (κ2) is 12.8. The van der Waals surface area contributed by atoms with Gasteiger partial charge in [0.1, 0.15) is 10.8 Å². The van der Waals surface area contributed by atoms with Crippen LogP contribution in [-0.4, -0.2) is 47.1 Å². The lowest BCUT2D eigenvalue weighted by Gasteiger charge is -2.22. The van der Waals surface area contributed by atoms with Gasteiger partial charge in [0.2, 0.25) is 11.0 Å². The van der Waals surface area contributed by atoms with Gasteiger partial charge in [0.05, 0.1) is 7.11 Å². The van der Waals surface area contributed by atoms with Crippen molar-refractivity contribution in [3.63, 3.8) is 0 Å². The molecular weight excluding hydrogens is 448 g/mol. The summed E-state index contributed by atoms with van der Waals surface area (Å²) in [4.78, 5) is 27.3. The number of aromatic nitrogens is 2. The number of benzene rings is 2. The number of nitrogens with one attached hydrogen (secondary N) is 1. The maximum Gasteiger partial charge on any atom is 0.253 e. The van der Waals surface area contributed by atoms with E-state index in [2.05, 4.69) is 22.4 Å². The van der Waals surface area contributed by atoms with E-state index in [1.54, 1.807) is 12.0 Å². The van der Waals surface area contributed by atoms with E-state index in [-0.39, 0.29) is 18.2 Å². The van der Waals surface area contributed by atoms with E-state index in [9.17, 15) is 9.59 Å². The van der Waals surface area contributed by atoms with Crippen molar-refractivity contribution in [2.75, 3.05) is 25.5 Å². The standard InChI is InChI=1S/C26H32N4O3S/c1-4-6-7-19-8-10-21(11-9-19)25(32)30(17-5-2)18-16-23(31)27-26-29-28-24(34-26)20-12-14-22(33-3)15-13-20/h8-15H,4-7,16-18H2,1-3H3,(H,27,29,31). The van der Waals surface area contributed by atoms with Crippen molar-refractivity contribution in [2.24, 2.45) is 0 Å². The second-order valence-electron chi connectivity index (χ2n) is 8.03. The molecule has 7 nitrogen and oxygen atoms in total. The van der Waals surface area contributed by atoms with Crippen molar-refractivity contribution in [2.45, 2.75) is 46.0 Å². The first kappa shape index (κ1) is 25.4. The Morgan fingerprint density at radius 2 is 1.71 bits per heavy atom. The minimum absolute atomic E-state index is 0.0469. The van der Waals surface area contributed by atoms with E-state index in [0.717, 1.165) is 37.0 Å². The van der Waals surface area contributed by atoms with E-state index in [1.807, 2.05) is 55.5 Å². The van der Waals surface area contributed by atoms with Gasteiger partial charge in [-0.25, -0.2) is 0 Å². The first-order valence-corrected chi connectivity index (χ1v) is 12.5. The van der Waals surface area contributed by atoms with Crippen LogP contribution >= 0.6 is 11.3 Å². The summed E-state index contributed by atoms with van der Waals surface area (Å²) in [6.45, 7) is 5.14. The number of nitrogens with zero attached hydrogens (tertiary/aromatic N) is 3. The molecule has 0 atom stereocenters. The first-order valence-electron chi connectivity index (χ1n) is 11.7. The van der Waals surface area contributed by atoms with E-state index in [1.165, 1.54) is 16.9 Å². The van der Waals surface area contributed by atoms with Crippen LogP contribution in [0.1, 0.15) is 55.5 Å². The molecule has 0 spiro atoms. The molecule has 2 amide bonds. The molecule has 0 aliphatic heterocycles. The van der Waals surface area contributed by atoms with Crippen LogP contribution in [0.3, 0.4) is 0 Å². The maximum atomic E-state index is 13.0. The average Bonchev–Trinajstić information content (AvgIpc) is 3.33. The second-order valence-corrected chi connectivity index (χ2v) is 9.01. The third-order valence-corrected chi connectivity index (χ3v) is 6.31. The molecule has 0 unspecified atom stereocenters. The number of rotatable bonds is 12. The fourth-order valence-corrected chi connectivity index (χ4v) is 4.27. The molecule has 0 aliphatic rings. The van der Waals surface area contributed by atoms with Gasteiger partial charge in [0.15, 0.2) is 0 Å². The van der Waals surface area contributed by atoms with Crippen molar-refractivity contribution in [1.82, 2.24) is 15.1 Å². The Kier molecular flexibility index (Phi) is 9.58. The Morgan fingerprint density at radius 3 is 2.35 bits per heavy atom. The molecule has 0 aliphatic carbocycles. The van der Waals surface area contributed by atoms with Crippen LogP contribution in [0.15, 0.2) is 48.5 Å². The zero-order chi connectivity index (χ0) is 24.3. The largest absolute Gasteiger partial charge is 0.497 e. The van der Waals surface area contributed by atoms with Gasteiger partial charge < -0.3 is 15.0 Å². The van der Waals surface area contributed by atoms with Gasteiger partial charge in [-0.05, 0) is 61.2 Å². The summed E-state index contributed by atoms with van der Waals surface area (Å²) in [6, 6.07) is 15.3. The van der Waals surface area contributed by atoms with E-state index < -0.39 is 0 Å². The van der Waals surface area contributed by atoms with Crippen LogP contribution in [0.5, 0.6) is 5.75 Å². The fourth-order valence-electron chi connectivity index (χ4n) is 3.50. The highest BCUT2D eigenvalue weighted by atomic mass is 32.1. The van der Waals surface area contributed by atoms with Crippen LogP contribution in [0.4, 0.5) is 5.13 Å². The molecule has 1 N–H and O–H groups in total. The third kappa shape index (κ3) is 7.12. The average molecular weight is 481 g/mol. The number of hydrogen-bond acceptors (Lipinski definition) is 6. The highest BCUT2D eigenvalue weighted by Crippen LogP contribution is 2.27. The molecule has 1 aromatic heterocycles. The molecule has 0 bridgehead atoms. The third-order valence-electron chi connectivity index (χ3n) is 5.42. The lowest BCUT2D eigenvalue weighted by molar-refractivity contribution is -0.116. The van der Waals surface area contributed by atoms with Gasteiger partial charge in [-0.1, -0.05) is 43.7 Å². The number of anilines is 1. The van der Waals surface area contributed by atoms with Gasteiger partial charge in [-0.15, -0.1) is 10.2 Å². The molecule has 8 heteroatoms. The molecule has 180 valence electrons. The minimum Gasteiger partial charge on any atom is -0.497 e. The number of carbonyl (C=O) groups is 2. The monoisotopic (exact) mass is 480 g/mol. The van der Waals surface area contributed by atoms with Gasteiger partial charge in [0, 0.05) is 30.6 Å². The van der Waals surface area contributed by atoms with E-state index in [0.29, 0.717) is 28.8 Å². The van der Waals surface area contributed by atoms with Gasteiger partial charge >= 0.3 is 0 Å². The summed E-state index contributed by atoms with van der Waals surface area (Å²) in [5.41, 5.74) is 2.80. The van der Waals surface area contributed by atoms with Crippen molar-refractivity contribution < 1.29 is 14.3 Å². The quantitative estimate of drug-likeness (QED) is 0.373. The highest BCUT2D eigenvalue weighted by Gasteiger charge is 2.17. The van der Waals surface area contributed by atoms with Gasteiger partial charge in [-0.2, -0.15) is 0 Å². The molecule has 0 fully saturated rings. The SMILES string of the molecule is CCCCc1ccc(C(=O)N(CCC)CCC(=O)Nc2nnc(-c3ccc(OC)cc3)s2)cc1. The van der Waals surface area contributed by atoms with Crippen molar-refractivity contribution in [3.05, 3.63) is 59.7 Å². The van der Waals surface area contributed by atoms with Crippen LogP contribution in [0, 0.1) is 0 Å². The predicted molar refractivity (Wildman–Crippen MR) is 136 cm³/mol. The van der Waals surface area contributed by atoms with Crippen molar-refractivity contribution >= 4 is 28.3 Å². The molecule has 2 aromatic carbocycles. The Morgan fingerprint density at radius 1 is 0.971 bits per heavy atom. The van der Waals surface area contributed by atoms with Crippen LogP contribution < -0.4 is 10.1 Å². The zero-order valence-corrected chi connectivity index (χ0v) is 20.9. The summed E-state index contributed by atoms with van der Waals surface area (Å²) in [6.07, 6.45) is 4.32.